The van der Waals surface area contributed by atoms with Crippen LogP contribution in [0.25, 0.3) is 0 Å². The van der Waals surface area contributed by atoms with Gasteiger partial charge in [-0.1, -0.05) is 56.1 Å². The number of allylic oxidation sites excluding steroid dienone is 4. The molecule has 0 aliphatic heterocycles. The Labute approximate surface area is 143 Å². The third-order valence-corrected chi connectivity index (χ3v) is 3.58. The molecule has 2 aromatic carbocycles. The van der Waals surface area contributed by atoms with E-state index >= 15 is 0 Å². The minimum atomic E-state index is -0.499. The Hall–Kier alpha value is -2.87. The Bertz CT molecular complexity index is 744. The molecule has 0 aliphatic rings. The fourth-order valence-electron chi connectivity index (χ4n) is 2.52. The van der Waals surface area contributed by atoms with Crippen LogP contribution in [0.3, 0.4) is 0 Å². The van der Waals surface area contributed by atoms with Crippen molar-refractivity contribution in [1.29, 1.82) is 0 Å². The number of hydrogen-bond donors (Lipinski definition) is 0. The van der Waals surface area contributed by atoms with Crippen LogP contribution in [-0.4, -0.2) is 6.67 Å². The number of nitrogens with zero attached hydrogens (tertiary/aromatic N) is 1. The first-order valence-electron chi connectivity index (χ1n) is 7.81. The molecule has 0 radical (unpaired) electrons. The summed E-state index contributed by atoms with van der Waals surface area (Å²) in [4.78, 5) is 2.09. The first-order valence-corrected chi connectivity index (χ1v) is 7.81. The number of alkyl halides is 1. The molecule has 2 aromatic rings. The largest absolute Gasteiger partial charge is 0.311 e. The molecule has 0 N–H and O–H groups in total. The van der Waals surface area contributed by atoms with Crippen LogP contribution < -0.4 is 4.90 Å². The molecule has 122 valence electrons. The van der Waals surface area contributed by atoms with Crippen molar-refractivity contribution in [2.24, 2.45) is 0 Å². The molecule has 2 heteroatoms. The van der Waals surface area contributed by atoms with E-state index in [0.717, 1.165) is 22.6 Å². The number of rotatable bonds is 8. The monoisotopic (exact) mass is 319 g/mol. The number of para-hydroxylation sites is 1. The van der Waals surface area contributed by atoms with Gasteiger partial charge in [0.2, 0.25) is 0 Å². The van der Waals surface area contributed by atoms with E-state index in [4.69, 9.17) is 0 Å². The highest BCUT2D eigenvalue weighted by Gasteiger charge is 2.12. The van der Waals surface area contributed by atoms with E-state index < -0.39 is 6.67 Å². The van der Waals surface area contributed by atoms with E-state index in [1.54, 1.807) is 12.2 Å². The molecule has 0 bridgehead atoms. The molecule has 0 aliphatic carbocycles. The van der Waals surface area contributed by atoms with Crippen molar-refractivity contribution in [1.82, 2.24) is 0 Å². The van der Waals surface area contributed by atoms with E-state index in [9.17, 15) is 4.39 Å². The number of anilines is 2. The fourth-order valence-corrected chi connectivity index (χ4v) is 2.52. The Morgan fingerprint density at radius 1 is 1.00 bits per heavy atom. The van der Waals surface area contributed by atoms with Crippen LogP contribution in [-0.2, 0) is 6.42 Å². The van der Waals surface area contributed by atoms with Crippen LogP contribution in [0.5, 0.6) is 0 Å². The minimum Gasteiger partial charge on any atom is -0.311 e. The predicted octanol–water partition coefficient (Wildman–Crippen LogP) is 6.15. The van der Waals surface area contributed by atoms with Gasteiger partial charge in [-0.2, -0.15) is 0 Å². The Balaban J connectivity index is 2.50. The molecule has 0 aromatic heterocycles. The van der Waals surface area contributed by atoms with Crippen molar-refractivity contribution < 1.29 is 4.39 Å². The van der Waals surface area contributed by atoms with E-state index in [1.807, 2.05) is 60.7 Å². The zero-order valence-corrected chi connectivity index (χ0v) is 13.8. The predicted molar refractivity (Wildman–Crippen MR) is 102 cm³/mol. The van der Waals surface area contributed by atoms with Gasteiger partial charge in [-0.15, -0.1) is 0 Å². The third-order valence-electron chi connectivity index (χ3n) is 3.58. The fraction of sp³-hybridized carbons (Fsp3) is 0.0909. The molecule has 0 atom stereocenters. The molecule has 0 heterocycles. The molecule has 1 nitrogen and oxygen atoms in total. The number of benzene rings is 2. The first kappa shape index (κ1) is 17.5. The van der Waals surface area contributed by atoms with Gasteiger partial charge in [-0.3, -0.25) is 0 Å². The SMILES string of the molecule is C=C/C=C(\C=C)N(c1ccccc1)c1cccc(CC(=C)CF)c1. The molecule has 0 saturated heterocycles. The average molecular weight is 319 g/mol. The maximum atomic E-state index is 12.7. The van der Waals surface area contributed by atoms with E-state index in [1.165, 1.54) is 0 Å². The van der Waals surface area contributed by atoms with Gasteiger partial charge < -0.3 is 4.90 Å². The lowest BCUT2D eigenvalue weighted by Gasteiger charge is -2.26. The van der Waals surface area contributed by atoms with Crippen molar-refractivity contribution in [3.8, 4) is 0 Å². The highest BCUT2D eigenvalue weighted by atomic mass is 19.1. The first-order chi connectivity index (χ1) is 11.7. The van der Waals surface area contributed by atoms with Crippen molar-refractivity contribution in [2.45, 2.75) is 6.42 Å². The molecule has 0 saturated carbocycles. The molecule has 24 heavy (non-hydrogen) atoms. The summed E-state index contributed by atoms with van der Waals surface area (Å²) in [6.07, 6.45) is 5.97. The second-order valence-electron chi connectivity index (χ2n) is 5.43. The van der Waals surface area contributed by atoms with Crippen LogP contribution >= 0.6 is 0 Å². The van der Waals surface area contributed by atoms with Crippen molar-refractivity contribution >= 4 is 11.4 Å². The summed E-state index contributed by atoms with van der Waals surface area (Å²) in [5.41, 5.74) is 4.52. The van der Waals surface area contributed by atoms with Crippen LogP contribution in [0.1, 0.15) is 5.56 Å². The second-order valence-corrected chi connectivity index (χ2v) is 5.43. The molecule has 0 unspecified atom stereocenters. The van der Waals surface area contributed by atoms with Gasteiger partial charge >= 0.3 is 0 Å². The summed E-state index contributed by atoms with van der Waals surface area (Å²) < 4.78 is 12.7. The zero-order valence-electron chi connectivity index (χ0n) is 13.8. The van der Waals surface area contributed by atoms with Crippen LogP contribution in [0.15, 0.2) is 104 Å². The summed E-state index contributed by atoms with van der Waals surface area (Å²) in [6.45, 7) is 10.9. The highest BCUT2D eigenvalue weighted by molar-refractivity contribution is 5.70. The Morgan fingerprint density at radius 2 is 1.71 bits per heavy atom. The maximum absolute atomic E-state index is 12.7. The normalized spacial score (nSPS) is 11.0. The molecular formula is C22H22FN. The summed E-state index contributed by atoms with van der Waals surface area (Å²) in [5, 5.41) is 0. The standard InChI is InChI=1S/C22H22FN/c1-4-10-20(5-2)24(21-12-7-6-8-13-21)22-14-9-11-19(16-22)15-18(3)17-23/h4-14,16H,1-3,15,17H2/b20-10+. The Kier molecular flexibility index (Phi) is 6.32. The average Bonchev–Trinajstić information content (AvgIpc) is 2.62. The lowest BCUT2D eigenvalue weighted by atomic mass is 10.1. The van der Waals surface area contributed by atoms with Gasteiger partial charge in [0.05, 0.1) is 0 Å². The third kappa shape index (κ3) is 4.32. The second kappa shape index (κ2) is 8.68. The van der Waals surface area contributed by atoms with E-state index in [2.05, 4.69) is 24.6 Å². The number of hydrogen-bond acceptors (Lipinski definition) is 1. The highest BCUT2D eigenvalue weighted by Crippen LogP contribution is 2.31. The summed E-state index contributed by atoms with van der Waals surface area (Å²) in [5.74, 6) is 0. The smallest absolute Gasteiger partial charge is 0.111 e. The van der Waals surface area contributed by atoms with Crippen molar-refractivity contribution in [2.75, 3.05) is 11.6 Å². The molecule has 2 rings (SSSR count). The minimum absolute atomic E-state index is 0.499. The van der Waals surface area contributed by atoms with Gasteiger partial charge in [-0.05, 0) is 54.0 Å². The maximum Gasteiger partial charge on any atom is 0.111 e. The molecule has 0 spiro atoms. The molecular weight excluding hydrogens is 297 g/mol. The van der Waals surface area contributed by atoms with Gasteiger partial charge in [0.25, 0.3) is 0 Å². The topological polar surface area (TPSA) is 3.24 Å². The van der Waals surface area contributed by atoms with E-state index in [0.29, 0.717) is 12.0 Å². The van der Waals surface area contributed by atoms with Crippen LogP contribution in [0.2, 0.25) is 0 Å². The summed E-state index contributed by atoms with van der Waals surface area (Å²) >= 11 is 0. The van der Waals surface area contributed by atoms with Gasteiger partial charge in [0, 0.05) is 17.1 Å². The van der Waals surface area contributed by atoms with E-state index in [-0.39, 0.29) is 0 Å². The van der Waals surface area contributed by atoms with Gasteiger partial charge in [0.1, 0.15) is 6.67 Å². The zero-order chi connectivity index (χ0) is 17.4. The number of halogens is 1. The molecule has 0 fully saturated rings. The summed E-state index contributed by atoms with van der Waals surface area (Å²) in [7, 11) is 0. The van der Waals surface area contributed by atoms with Crippen LogP contribution in [0.4, 0.5) is 15.8 Å². The van der Waals surface area contributed by atoms with Gasteiger partial charge in [-0.25, -0.2) is 4.39 Å². The Morgan fingerprint density at radius 3 is 2.33 bits per heavy atom. The lowest BCUT2D eigenvalue weighted by Crippen LogP contribution is -2.15. The lowest BCUT2D eigenvalue weighted by molar-refractivity contribution is 0.538. The summed E-state index contributed by atoms with van der Waals surface area (Å²) in [6, 6.07) is 18.1. The quantitative estimate of drug-likeness (QED) is 0.417. The molecule has 0 amide bonds. The van der Waals surface area contributed by atoms with Crippen molar-refractivity contribution in [3.63, 3.8) is 0 Å². The van der Waals surface area contributed by atoms with Crippen molar-refractivity contribution in [3.05, 3.63) is 109 Å². The van der Waals surface area contributed by atoms with Crippen LogP contribution in [0, 0.1) is 0 Å². The van der Waals surface area contributed by atoms with Gasteiger partial charge in [0.15, 0.2) is 0 Å².